The fourth-order valence-electron chi connectivity index (χ4n) is 3.77. The molecule has 9 nitrogen and oxygen atoms in total. The molecule has 0 fully saturated rings. The lowest BCUT2D eigenvalue weighted by Crippen LogP contribution is -2.43. The average Bonchev–Trinajstić information content (AvgIpc) is 2.97. The van der Waals surface area contributed by atoms with Crippen molar-refractivity contribution in [3.8, 4) is 5.75 Å². The van der Waals surface area contributed by atoms with Crippen LogP contribution >= 0.6 is 7.14 Å². The monoisotopic (exact) mass is 555 g/mol. The van der Waals surface area contributed by atoms with Gasteiger partial charge in [0.15, 0.2) is 0 Å². The van der Waals surface area contributed by atoms with E-state index in [4.69, 9.17) is 18.0 Å². The van der Waals surface area contributed by atoms with Gasteiger partial charge < -0.3 is 27.9 Å². The van der Waals surface area contributed by atoms with Crippen molar-refractivity contribution < 1.29 is 37.0 Å². The van der Waals surface area contributed by atoms with Gasteiger partial charge in [-0.2, -0.15) is 0 Å². The van der Waals surface area contributed by atoms with E-state index in [9.17, 15) is 18.9 Å². The molecule has 0 spiro atoms. The highest BCUT2D eigenvalue weighted by atomic mass is 31.2. The third-order valence-electron chi connectivity index (χ3n) is 5.89. The van der Waals surface area contributed by atoms with E-state index in [0.717, 1.165) is 0 Å². The summed E-state index contributed by atoms with van der Waals surface area (Å²) in [5, 5.41) is 2.68. The van der Waals surface area contributed by atoms with E-state index in [1.807, 2.05) is 0 Å². The first-order valence-electron chi connectivity index (χ1n) is 11.8. The van der Waals surface area contributed by atoms with Crippen LogP contribution in [0.5, 0.6) is 5.75 Å². The minimum Gasteiger partial charge on any atom is -0.410 e. The van der Waals surface area contributed by atoms with Crippen LogP contribution in [0.15, 0.2) is 84.9 Å². The Labute approximate surface area is 222 Å². The van der Waals surface area contributed by atoms with Crippen molar-refractivity contribution in [2.75, 3.05) is 27.9 Å². The maximum atomic E-state index is 14.2. The first kappa shape index (κ1) is 29.2. The molecular weight excluding hydrogens is 525 g/mol. The molecule has 0 aliphatic carbocycles. The number of hydrogen-bond donors (Lipinski definition) is 1. The molecule has 0 aliphatic rings. The number of carbonyl (C=O) groups is 3. The molecule has 0 saturated heterocycles. The Kier molecular flexibility index (Phi) is 10.3. The molecule has 11 heteroatoms. The molecule has 0 radical (unpaired) electrons. The van der Waals surface area contributed by atoms with Crippen LogP contribution in [-0.4, -0.2) is 53.8 Å². The van der Waals surface area contributed by atoms with Crippen molar-refractivity contribution in [2.45, 2.75) is 12.5 Å². The Bertz CT molecular complexity index is 1220. The molecule has 3 aromatic rings. The fraction of sp³-hybridized carbons (Fsp3) is 0.222. The normalized spacial score (nSPS) is 11.6. The van der Waals surface area contributed by atoms with Crippen LogP contribution in [0.3, 0.4) is 0 Å². The summed E-state index contributed by atoms with van der Waals surface area (Å²) in [6.45, 7) is 0.300. The van der Waals surface area contributed by atoms with Crippen molar-refractivity contribution in [2.24, 2.45) is 0 Å². The topological polar surface area (TPSA) is 117 Å². The second-order valence-electron chi connectivity index (χ2n) is 8.16. The van der Waals surface area contributed by atoms with Gasteiger partial charge in [-0.05, 0) is 30.7 Å². The van der Waals surface area contributed by atoms with E-state index >= 15 is 0 Å². The smallest absolute Gasteiger partial charge is 0.410 e. The lowest BCUT2D eigenvalue weighted by Gasteiger charge is -2.24. The minimum atomic E-state index is -4.26. The average molecular weight is 556 g/mol. The number of rotatable bonds is 13. The number of hydrogen-bond acceptors (Lipinski definition) is 8. The van der Waals surface area contributed by atoms with Crippen molar-refractivity contribution in [1.29, 1.82) is 0 Å². The third kappa shape index (κ3) is 6.72. The second-order valence-corrected chi connectivity index (χ2v) is 13.8. The van der Waals surface area contributed by atoms with Crippen molar-refractivity contribution in [1.82, 2.24) is 5.32 Å². The summed E-state index contributed by atoms with van der Waals surface area (Å²) < 4.78 is 35.6. The fourth-order valence-corrected chi connectivity index (χ4v) is 7.74. The van der Waals surface area contributed by atoms with Crippen LogP contribution in [0.2, 0.25) is 6.04 Å². The molecule has 0 bridgehead atoms. The molecule has 0 saturated carbocycles. The molecule has 0 heterocycles. The molecule has 1 N–H and O–H groups in total. The summed E-state index contributed by atoms with van der Waals surface area (Å²) >= 11 is 0. The predicted octanol–water partition coefficient (Wildman–Crippen LogP) is 4.71. The summed E-state index contributed by atoms with van der Waals surface area (Å²) in [5.41, 5.74) is -1.19. The lowest BCUT2D eigenvalue weighted by atomic mass is 10.2. The molecule has 0 aromatic heterocycles. The van der Waals surface area contributed by atoms with Crippen LogP contribution in [0.25, 0.3) is 0 Å². The summed E-state index contributed by atoms with van der Waals surface area (Å²) in [4.78, 5) is 39.1. The van der Waals surface area contributed by atoms with Crippen LogP contribution in [-0.2, 0) is 17.8 Å². The molecule has 0 unspecified atom stereocenters. The molecule has 0 aliphatic heterocycles. The van der Waals surface area contributed by atoms with Crippen molar-refractivity contribution in [3.63, 3.8) is 0 Å². The Morgan fingerprint density at radius 3 is 1.66 bits per heavy atom. The van der Waals surface area contributed by atoms with E-state index in [2.05, 4.69) is 5.32 Å². The standard InChI is InChI=1S/C27H30NO8PSi/c1-33-38(34-2,35-3)20-10-19-28-27(31)36-23-15-17-24(18-16-23)37(32,25(29)21-11-6-4-7-12-21)26(30)22-13-8-5-9-14-22/h4-9,11-18H,10,19-20H2,1-3H3,(H,28,31). The van der Waals surface area contributed by atoms with Gasteiger partial charge in [0.25, 0.3) is 0 Å². The Balaban J connectivity index is 1.74. The van der Waals surface area contributed by atoms with Gasteiger partial charge in [-0.3, -0.25) is 9.59 Å². The van der Waals surface area contributed by atoms with Gasteiger partial charge in [-0.1, -0.05) is 60.7 Å². The van der Waals surface area contributed by atoms with Crippen LogP contribution in [0.1, 0.15) is 27.1 Å². The van der Waals surface area contributed by atoms with Crippen LogP contribution < -0.4 is 15.4 Å². The minimum absolute atomic E-state index is 0.0490. The number of benzene rings is 3. The van der Waals surface area contributed by atoms with Gasteiger partial charge in [-0.15, -0.1) is 0 Å². The maximum absolute atomic E-state index is 14.2. The van der Waals surface area contributed by atoms with E-state index in [0.29, 0.717) is 19.0 Å². The molecule has 200 valence electrons. The highest BCUT2D eigenvalue weighted by Crippen LogP contribution is 2.51. The Morgan fingerprint density at radius 2 is 1.21 bits per heavy atom. The summed E-state index contributed by atoms with van der Waals surface area (Å²) in [5.74, 6) is 0.159. The number of ether oxygens (including phenoxy) is 1. The van der Waals surface area contributed by atoms with E-state index in [-0.39, 0.29) is 22.2 Å². The van der Waals surface area contributed by atoms with E-state index in [1.54, 1.807) is 36.4 Å². The van der Waals surface area contributed by atoms with Gasteiger partial charge in [0.05, 0.1) is 0 Å². The second kappa shape index (κ2) is 13.4. The molecular formula is C27H30NO8PSi. The predicted molar refractivity (Wildman–Crippen MR) is 145 cm³/mol. The quantitative estimate of drug-likeness (QED) is 0.183. The SMILES string of the molecule is CO[Si](CCCNC(=O)Oc1ccc(P(=O)(C(=O)c2ccccc2)C(=O)c2ccccc2)cc1)(OC)OC. The molecule has 0 atom stereocenters. The zero-order chi connectivity index (χ0) is 27.6. The summed E-state index contributed by atoms with van der Waals surface area (Å²) in [6, 6.07) is 22.2. The van der Waals surface area contributed by atoms with Gasteiger partial charge in [0, 0.05) is 50.3 Å². The zero-order valence-corrected chi connectivity index (χ0v) is 23.3. The van der Waals surface area contributed by atoms with E-state index < -0.39 is 33.1 Å². The zero-order valence-electron chi connectivity index (χ0n) is 21.4. The molecule has 1 amide bonds. The Hall–Kier alpha value is -3.40. The van der Waals surface area contributed by atoms with Gasteiger partial charge in [0.2, 0.25) is 18.2 Å². The van der Waals surface area contributed by atoms with Crippen molar-refractivity contribution >= 4 is 38.4 Å². The highest BCUT2D eigenvalue weighted by molar-refractivity contribution is 8.01. The number of amides is 1. The molecule has 38 heavy (non-hydrogen) atoms. The summed E-state index contributed by atoms with van der Waals surface area (Å²) in [7, 11) is -2.44. The first-order valence-corrected chi connectivity index (χ1v) is 15.4. The third-order valence-corrected chi connectivity index (χ3v) is 11.4. The molecule has 3 aromatic carbocycles. The maximum Gasteiger partial charge on any atom is 0.500 e. The highest BCUT2D eigenvalue weighted by Gasteiger charge is 2.42. The lowest BCUT2D eigenvalue weighted by molar-refractivity contribution is 0.104. The first-order chi connectivity index (χ1) is 18.3. The number of carbonyl (C=O) groups excluding carboxylic acids is 3. The van der Waals surface area contributed by atoms with Crippen LogP contribution in [0, 0.1) is 0 Å². The van der Waals surface area contributed by atoms with Crippen molar-refractivity contribution in [3.05, 3.63) is 96.1 Å². The van der Waals surface area contributed by atoms with Gasteiger partial charge in [0.1, 0.15) is 5.75 Å². The van der Waals surface area contributed by atoms with Crippen LogP contribution in [0.4, 0.5) is 4.79 Å². The number of nitrogens with one attached hydrogen (secondary N) is 1. The van der Waals surface area contributed by atoms with E-state index in [1.165, 1.54) is 69.9 Å². The molecule has 3 rings (SSSR count). The Morgan fingerprint density at radius 1 is 0.737 bits per heavy atom. The largest absolute Gasteiger partial charge is 0.500 e. The van der Waals surface area contributed by atoms with Gasteiger partial charge >= 0.3 is 14.9 Å². The summed E-state index contributed by atoms with van der Waals surface area (Å²) in [6.07, 6.45) is -0.150. The van der Waals surface area contributed by atoms with Gasteiger partial charge in [-0.25, -0.2) is 4.79 Å².